The molecule has 0 unspecified atom stereocenters. The largest absolute Gasteiger partial charge is 0.381 e. The van der Waals surface area contributed by atoms with Crippen molar-refractivity contribution in [1.82, 2.24) is 20.6 Å². The first kappa shape index (κ1) is 13.8. The Morgan fingerprint density at radius 1 is 1.19 bits per heavy atom. The number of hydrogen-bond donors (Lipinski definition) is 2. The zero-order valence-corrected chi connectivity index (χ0v) is 13.1. The van der Waals surface area contributed by atoms with Crippen LogP contribution in [0, 0.1) is 6.92 Å². The molecule has 2 aromatic carbocycles. The summed E-state index contributed by atoms with van der Waals surface area (Å²) < 4.78 is 1.13. The van der Waals surface area contributed by atoms with Gasteiger partial charge in [0.15, 0.2) is 0 Å². The Kier molecular flexibility index (Phi) is 3.96. The van der Waals surface area contributed by atoms with Crippen molar-refractivity contribution in [2.24, 2.45) is 0 Å². The standard InChI is InChI=1S/C15H14BrN5/c1-10-5-6-11(7-14(10)16)9-17-13-4-2-3-12(8-13)15-18-20-21-19-15/h2-8,17H,9H2,1H3,(H,18,19,20,21). The molecule has 0 saturated carbocycles. The normalized spacial score (nSPS) is 10.6. The minimum absolute atomic E-state index is 0.594. The maximum Gasteiger partial charge on any atom is 0.204 e. The SMILES string of the molecule is Cc1ccc(CNc2cccc(-c3nn[nH]n3)c2)cc1Br. The van der Waals surface area contributed by atoms with Crippen molar-refractivity contribution in [1.29, 1.82) is 0 Å². The number of benzene rings is 2. The number of tetrazole rings is 1. The van der Waals surface area contributed by atoms with Crippen LogP contribution in [0.3, 0.4) is 0 Å². The van der Waals surface area contributed by atoms with Gasteiger partial charge in [0.25, 0.3) is 0 Å². The predicted molar refractivity (Wildman–Crippen MR) is 85.8 cm³/mol. The molecule has 0 amide bonds. The number of anilines is 1. The van der Waals surface area contributed by atoms with E-state index in [-0.39, 0.29) is 0 Å². The Balaban J connectivity index is 1.73. The van der Waals surface area contributed by atoms with Crippen LogP contribution in [0.1, 0.15) is 11.1 Å². The number of rotatable bonds is 4. The third-order valence-electron chi connectivity index (χ3n) is 3.20. The van der Waals surface area contributed by atoms with Crippen LogP contribution < -0.4 is 5.32 Å². The summed E-state index contributed by atoms with van der Waals surface area (Å²) in [5, 5.41) is 17.4. The Morgan fingerprint density at radius 3 is 2.86 bits per heavy atom. The summed E-state index contributed by atoms with van der Waals surface area (Å²) >= 11 is 3.56. The van der Waals surface area contributed by atoms with Gasteiger partial charge in [-0.05, 0) is 41.5 Å². The molecule has 5 nitrogen and oxygen atoms in total. The topological polar surface area (TPSA) is 66.5 Å². The Labute approximate surface area is 130 Å². The first-order chi connectivity index (χ1) is 10.2. The quantitative estimate of drug-likeness (QED) is 0.760. The number of aromatic amines is 1. The fraction of sp³-hybridized carbons (Fsp3) is 0.133. The molecule has 0 fully saturated rings. The lowest BCUT2D eigenvalue weighted by molar-refractivity contribution is 0.881. The highest BCUT2D eigenvalue weighted by molar-refractivity contribution is 9.10. The van der Waals surface area contributed by atoms with Crippen LogP contribution in [0.2, 0.25) is 0 Å². The predicted octanol–water partition coefficient (Wildman–Crippen LogP) is 3.55. The van der Waals surface area contributed by atoms with Gasteiger partial charge in [-0.2, -0.15) is 5.21 Å². The highest BCUT2D eigenvalue weighted by Crippen LogP contribution is 2.21. The van der Waals surface area contributed by atoms with Crippen LogP contribution in [0.15, 0.2) is 46.9 Å². The van der Waals surface area contributed by atoms with Crippen LogP contribution in [0.4, 0.5) is 5.69 Å². The number of aryl methyl sites for hydroxylation is 1. The Morgan fingerprint density at radius 2 is 2.10 bits per heavy atom. The van der Waals surface area contributed by atoms with Gasteiger partial charge in [-0.1, -0.05) is 40.2 Å². The fourth-order valence-electron chi connectivity index (χ4n) is 2.00. The van der Waals surface area contributed by atoms with Gasteiger partial charge in [-0.3, -0.25) is 0 Å². The second-order valence-corrected chi connectivity index (χ2v) is 5.61. The monoisotopic (exact) mass is 343 g/mol. The summed E-state index contributed by atoms with van der Waals surface area (Å²) in [5.74, 6) is 0.594. The highest BCUT2D eigenvalue weighted by atomic mass is 79.9. The average molecular weight is 344 g/mol. The number of H-pyrrole nitrogens is 1. The van der Waals surface area contributed by atoms with Crippen molar-refractivity contribution < 1.29 is 0 Å². The Hall–Kier alpha value is -2.21. The molecule has 3 rings (SSSR count). The Bertz CT molecular complexity index is 740. The van der Waals surface area contributed by atoms with Crippen molar-refractivity contribution in [2.75, 3.05) is 5.32 Å². The molecule has 21 heavy (non-hydrogen) atoms. The number of aromatic nitrogens is 4. The average Bonchev–Trinajstić information content (AvgIpc) is 3.03. The van der Waals surface area contributed by atoms with Crippen molar-refractivity contribution in [3.8, 4) is 11.4 Å². The van der Waals surface area contributed by atoms with E-state index >= 15 is 0 Å². The summed E-state index contributed by atoms with van der Waals surface area (Å²) in [6.07, 6.45) is 0. The number of nitrogens with zero attached hydrogens (tertiary/aromatic N) is 3. The van der Waals surface area contributed by atoms with E-state index in [9.17, 15) is 0 Å². The lowest BCUT2D eigenvalue weighted by atomic mass is 10.1. The first-order valence-corrected chi connectivity index (χ1v) is 7.34. The zero-order chi connectivity index (χ0) is 14.7. The summed E-state index contributed by atoms with van der Waals surface area (Å²) in [6, 6.07) is 14.3. The molecule has 1 aromatic heterocycles. The molecule has 1 heterocycles. The molecule has 0 aliphatic heterocycles. The lowest BCUT2D eigenvalue weighted by Gasteiger charge is -2.08. The van der Waals surface area contributed by atoms with Crippen molar-refractivity contribution in [3.05, 3.63) is 58.1 Å². The van der Waals surface area contributed by atoms with E-state index in [1.54, 1.807) is 0 Å². The third-order valence-corrected chi connectivity index (χ3v) is 4.05. The zero-order valence-electron chi connectivity index (χ0n) is 11.5. The molecule has 0 aliphatic carbocycles. The third kappa shape index (κ3) is 3.28. The molecule has 6 heteroatoms. The van der Waals surface area contributed by atoms with Gasteiger partial charge >= 0.3 is 0 Å². The van der Waals surface area contributed by atoms with E-state index in [1.807, 2.05) is 24.3 Å². The molecule has 0 bridgehead atoms. The molecule has 0 saturated heterocycles. The van der Waals surface area contributed by atoms with Crippen LogP contribution in [0.5, 0.6) is 0 Å². The van der Waals surface area contributed by atoms with Crippen LogP contribution in [-0.2, 0) is 6.54 Å². The number of nitrogens with one attached hydrogen (secondary N) is 2. The summed E-state index contributed by atoms with van der Waals surface area (Å²) in [6.45, 7) is 2.84. The van der Waals surface area contributed by atoms with E-state index < -0.39 is 0 Å². The first-order valence-electron chi connectivity index (χ1n) is 6.55. The molecular weight excluding hydrogens is 330 g/mol. The van der Waals surface area contributed by atoms with E-state index in [4.69, 9.17) is 0 Å². The van der Waals surface area contributed by atoms with E-state index in [0.29, 0.717) is 5.82 Å². The van der Waals surface area contributed by atoms with E-state index in [2.05, 4.69) is 67.0 Å². The van der Waals surface area contributed by atoms with E-state index in [1.165, 1.54) is 11.1 Å². The minimum Gasteiger partial charge on any atom is -0.381 e. The second-order valence-electron chi connectivity index (χ2n) is 4.75. The summed E-state index contributed by atoms with van der Waals surface area (Å²) in [5.41, 5.74) is 4.41. The van der Waals surface area contributed by atoms with E-state index in [0.717, 1.165) is 22.3 Å². The van der Waals surface area contributed by atoms with Crippen LogP contribution in [-0.4, -0.2) is 20.6 Å². The lowest BCUT2D eigenvalue weighted by Crippen LogP contribution is -1.99. The smallest absolute Gasteiger partial charge is 0.204 e. The van der Waals surface area contributed by atoms with Crippen LogP contribution >= 0.6 is 15.9 Å². The van der Waals surface area contributed by atoms with Gasteiger partial charge in [-0.25, -0.2) is 0 Å². The molecule has 0 aliphatic rings. The summed E-state index contributed by atoms with van der Waals surface area (Å²) in [4.78, 5) is 0. The molecule has 3 aromatic rings. The number of hydrogen-bond acceptors (Lipinski definition) is 4. The fourth-order valence-corrected chi connectivity index (χ4v) is 2.43. The van der Waals surface area contributed by atoms with Crippen LogP contribution in [0.25, 0.3) is 11.4 Å². The van der Waals surface area contributed by atoms with Gasteiger partial charge in [-0.15, -0.1) is 10.2 Å². The molecule has 0 atom stereocenters. The van der Waals surface area contributed by atoms with Gasteiger partial charge in [0, 0.05) is 22.3 Å². The molecule has 106 valence electrons. The van der Waals surface area contributed by atoms with Gasteiger partial charge < -0.3 is 5.32 Å². The van der Waals surface area contributed by atoms with Crippen molar-refractivity contribution in [3.63, 3.8) is 0 Å². The second kappa shape index (κ2) is 6.05. The van der Waals surface area contributed by atoms with Crippen molar-refractivity contribution in [2.45, 2.75) is 13.5 Å². The van der Waals surface area contributed by atoms with Gasteiger partial charge in [0.05, 0.1) is 0 Å². The molecule has 0 spiro atoms. The molecule has 0 radical (unpaired) electrons. The summed E-state index contributed by atoms with van der Waals surface area (Å²) in [7, 11) is 0. The molecule has 2 N–H and O–H groups in total. The maximum absolute atomic E-state index is 3.99. The maximum atomic E-state index is 3.99. The highest BCUT2D eigenvalue weighted by Gasteiger charge is 2.04. The van der Waals surface area contributed by atoms with Crippen molar-refractivity contribution >= 4 is 21.6 Å². The number of halogens is 1. The van der Waals surface area contributed by atoms with Gasteiger partial charge in [0.1, 0.15) is 0 Å². The minimum atomic E-state index is 0.594. The molecular formula is C15H14BrN5. The van der Waals surface area contributed by atoms with Gasteiger partial charge in [0.2, 0.25) is 5.82 Å².